The highest BCUT2D eigenvalue weighted by Gasteiger charge is 2.34. The molecular weight excluding hydrogens is 264 g/mol. The van der Waals surface area contributed by atoms with Gasteiger partial charge in [-0.25, -0.2) is 0 Å². The lowest BCUT2D eigenvalue weighted by molar-refractivity contribution is -0.385. The molecule has 0 radical (unpaired) electrons. The van der Waals surface area contributed by atoms with E-state index >= 15 is 0 Å². The van der Waals surface area contributed by atoms with Crippen LogP contribution in [0.5, 0.6) is 5.75 Å². The summed E-state index contributed by atoms with van der Waals surface area (Å²) < 4.78 is 5.06. The number of nitrogens with two attached hydrogens (primary N) is 1. The Morgan fingerprint density at radius 3 is 2.89 bits per heavy atom. The number of hydrogen-bond donors (Lipinski definition) is 1. The topological polar surface area (TPSA) is 78.4 Å². The van der Waals surface area contributed by atoms with E-state index in [1.54, 1.807) is 12.1 Å². The van der Waals surface area contributed by atoms with E-state index < -0.39 is 4.92 Å². The highest BCUT2D eigenvalue weighted by molar-refractivity contribution is 8.00. The van der Waals surface area contributed by atoms with E-state index in [-0.39, 0.29) is 10.4 Å². The Morgan fingerprint density at radius 1 is 1.58 bits per heavy atom. The fraction of sp³-hybridized carbons (Fsp3) is 0.538. The molecule has 6 heteroatoms. The van der Waals surface area contributed by atoms with Gasteiger partial charge in [0.05, 0.1) is 12.0 Å². The Hall–Kier alpha value is -1.27. The number of thioether (sulfide) groups is 1. The van der Waals surface area contributed by atoms with Gasteiger partial charge in [-0.05, 0) is 36.6 Å². The molecule has 104 valence electrons. The monoisotopic (exact) mass is 282 g/mol. The van der Waals surface area contributed by atoms with Crippen LogP contribution in [0.1, 0.15) is 18.4 Å². The maximum Gasteiger partial charge on any atom is 0.311 e. The third-order valence-electron chi connectivity index (χ3n) is 3.52. The first kappa shape index (κ1) is 14.1. The molecule has 2 N–H and O–H groups in total. The molecule has 1 heterocycles. The first-order valence-electron chi connectivity index (χ1n) is 6.25. The number of nitro benzene ring substituents is 1. The molecular formula is C13H18N2O3S. The van der Waals surface area contributed by atoms with Crippen molar-refractivity contribution >= 4 is 17.4 Å². The first-order valence-corrected chi connectivity index (χ1v) is 7.24. The number of ether oxygens (including phenoxy) is 1. The van der Waals surface area contributed by atoms with E-state index in [0.29, 0.717) is 12.3 Å². The molecule has 2 rings (SSSR count). The summed E-state index contributed by atoms with van der Waals surface area (Å²) >= 11 is 1.88. The third kappa shape index (κ3) is 3.01. The maximum absolute atomic E-state index is 11.0. The molecule has 1 unspecified atom stereocenters. The fourth-order valence-corrected chi connectivity index (χ4v) is 3.88. The number of methoxy groups -OCH3 is 1. The van der Waals surface area contributed by atoms with Crippen LogP contribution < -0.4 is 10.5 Å². The molecule has 0 spiro atoms. The largest absolute Gasteiger partial charge is 0.490 e. The van der Waals surface area contributed by atoms with Gasteiger partial charge in [0.1, 0.15) is 0 Å². The number of rotatable bonds is 5. The first-order chi connectivity index (χ1) is 9.10. The number of hydrogen-bond acceptors (Lipinski definition) is 5. The zero-order chi connectivity index (χ0) is 13.9. The van der Waals surface area contributed by atoms with Crippen LogP contribution >= 0.6 is 11.8 Å². The lowest BCUT2D eigenvalue weighted by Gasteiger charge is -2.26. The van der Waals surface area contributed by atoms with Gasteiger partial charge in [-0.3, -0.25) is 10.1 Å². The highest BCUT2D eigenvalue weighted by atomic mass is 32.2. The van der Waals surface area contributed by atoms with Gasteiger partial charge >= 0.3 is 5.69 Å². The average Bonchev–Trinajstić information content (AvgIpc) is 2.87. The zero-order valence-corrected chi connectivity index (χ0v) is 11.7. The van der Waals surface area contributed by atoms with Gasteiger partial charge in [0.25, 0.3) is 0 Å². The van der Waals surface area contributed by atoms with E-state index in [0.717, 1.165) is 24.2 Å². The minimum atomic E-state index is -0.404. The maximum atomic E-state index is 11.0. The number of nitrogens with zero attached hydrogens (tertiary/aromatic N) is 1. The second-order valence-electron chi connectivity index (χ2n) is 4.78. The summed E-state index contributed by atoms with van der Waals surface area (Å²) in [6.07, 6.45) is 3.02. The van der Waals surface area contributed by atoms with Crippen LogP contribution in [0.2, 0.25) is 0 Å². The van der Waals surface area contributed by atoms with Crippen molar-refractivity contribution in [3.63, 3.8) is 0 Å². The Labute approximate surface area is 116 Å². The molecule has 0 aromatic heterocycles. The van der Waals surface area contributed by atoms with Crippen molar-refractivity contribution in [2.24, 2.45) is 5.73 Å². The minimum absolute atomic E-state index is 0.0233. The van der Waals surface area contributed by atoms with Crippen molar-refractivity contribution in [3.05, 3.63) is 33.9 Å². The summed E-state index contributed by atoms with van der Waals surface area (Å²) in [5, 5.41) is 11.0. The summed E-state index contributed by atoms with van der Waals surface area (Å²) in [6, 6.07) is 5.16. The van der Waals surface area contributed by atoms with Crippen LogP contribution in [-0.2, 0) is 6.42 Å². The van der Waals surface area contributed by atoms with Crippen molar-refractivity contribution in [2.45, 2.75) is 24.0 Å². The molecule has 0 bridgehead atoms. The van der Waals surface area contributed by atoms with Gasteiger partial charge in [0.15, 0.2) is 5.75 Å². The van der Waals surface area contributed by atoms with Crippen molar-refractivity contribution in [2.75, 3.05) is 19.4 Å². The quantitative estimate of drug-likeness (QED) is 0.662. The van der Waals surface area contributed by atoms with Gasteiger partial charge in [-0.15, -0.1) is 0 Å². The molecule has 1 atom stereocenters. The molecule has 1 aromatic rings. The van der Waals surface area contributed by atoms with E-state index in [1.807, 2.05) is 17.8 Å². The third-order valence-corrected chi connectivity index (χ3v) is 5.14. The second-order valence-corrected chi connectivity index (χ2v) is 6.34. The molecule has 1 aromatic carbocycles. The van der Waals surface area contributed by atoms with Gasteiger partial charge in [0.2, 0.25) is 0 Å². The summed E-state index contributed by atoms with van der Waals surface area (Å²) in [4.78, 5) is 10.6. The van der Waals surface area contributed by atoms with Crippen molar-refractivity contribution in [1.82, 2.24) is 0 Å². The SMILES string of the molecule is COc1ccc(CC2(CN)CCCS2)cc1[N+](=O)[O-]. The Bertz CT molecular complexity index is 473. The van der Waals surface area contributed by atoms with Crippen LogP contribution in [0.4, 0.5) is 5.69 Å². The van der Waals surface area contributed by atoms with E-state index in [2.05, 4.69) is 0 Å². The second kappa shape index (κ2) is 5.79. The van der Waals surface area contributed by atoms with Crippen molar-refractivity contribution < 1.29 is 9.66 Å². The predicted molar refractivity (Wildman–Crippen MR) is 76.8 cm³/mol. The van der Waals surface area contributed by atoms with Crippen molar-refractivity contribution in [1.29, 1.82) is 0 Å². The Morgan fingerprint density at radius 2 is 2.37 bits per heavy atom. The summed E-state index contributed by atoms with van der Waals surface area (Å²) in [5.74, 6) is 1.42. The molecule has 0 aliphatic carbocycles. The zero-order valence-electron chi connectivity index (χ0n) is 10.9. The van der Waals surface area contributed by atoms with Crippen LogP contribution in [0.15, 0.2) is 18.2 Å². The van der Waals surface area contributed by atoms with Crippen molar-refractivity contribution in [3.8, 4) is 5.75 Å². The average molecular weight is 282 g/mol. The van der Waals surface area contributed by atoms with Crippen LogP contribution in [0, 0.1) is 10.1 Å². The summed E-state index contributed by atoms with van der Waals surface area (Å²) in [5.41, 5.74) is 6.87. The van der Waals surface area contributed by atoms with Gasteiger partial charge < -0.3 is 10.5 Å². The Balaban J connectivity index is 2.25. The van der Waals surface area contributed by atoms with Crippen LogP contribution in [0.25, 0.3) is 0 Å². The molecule has 1 saturated heterocycles. The highest BCUT2D eigenvalue weighted by Crippen LogP contribution is 2.41. The lowest BCUT2D eigenvalue weighted by Crippen LogP contribution is -2.34. The molecule has 5 nitrogen and oxygen atoms in total. The van der Waals surface area contributed by atoms with Gasteiger partial charge in [0, 0.05) is 17.4 Å². The summed E-state index contributed by atoms with van der Waals surface area (Å²) in [6.45, 7) is 0.609. The van der Waals surface area contributed by atoms with E-state index in [4.69, 9.17) is 10.5 Å². The summed E-state index contributed by atoms with van der Waals surface area (Å²) in [7, 11) is 1.44. The van der Waals surface area contributed by atoms with E-state index in [1.165, 1.54) is 13.5 Å². The van der Waals surface area contributed by atoms with Crippen LogP contribution in [0.3, 0.4) is 0 Å². The van der Waals surface area contributed by atoms with Gasteiger partial charge in [-0.1, -0.05) is 6.07 Å². The van der Waals surface area contributed by atoms with E-state index in [9.17, 15) is 10.1 Å². The molecule has 19 heavy (non-hydrogen) atoms. The normalized spacial score (nSPS) is 22.4. The number of nitro groups is 1. The molecule has 1 aliphatic heterocycles. The van der Waals surface area contributed by atoms with Crippen LogP contribution in [-0.4, -0.2) is 29.1 Å². The standard InChI is InChI=1S/C13H18N2O3S/c1-18-12-4-3-10(7-11(12)15(16)17)8-13(9-14)5-2-6-19-13/h3-4,7H,2,5-6,8-9,14H2,1H3. The fourth-order valence-electron chi connectivity index (χ4n) is 2.49. The lowest BCUT2D eigenvalue weighted by atomic mass is 9.94. The minimum Gasteiger partial charge on any atom is -0.490 e. The molecule has 1 fully saturated rings. The van der Waals surface area contributed by atoms with Gasteiger partial charge in [-0.2, -0.15) is 11.8 Å². The molecule has 0 amide bonds. The molecule has 0 saturated carbocycles. The number of benzene rings is 1. The Kier molecular flexibility index (Phi) is 4.31. The predicted octanol–water partition coefficient (Wildman–Crippen LogP) is 2.37. The smallest absolute Gasteiger partial charge is 0.311 e. The molecule has 1 aliphatic rings.